The fourth-order valence-corrected chi connectivity index (χ4v) is 4.82. The van der Waals surface area contributed by atoms with E-state index in [1.807, 2.05) is 0 Å². The summed E-state index contributed by atoms with van der Waals surface area (Å²) in [7, 11) is -1.40. The van der Waals surface area contributed by atoms with E-state index in [-0.39, 0.29) is 29.4 Å². The highest BCUT2D eigenvalue weighted by atomic mass is 32.2. The summed E-state index contributed by atoms with van der Waals surface area (Å²) in [6.07, 6.45) is 1.62. The average molecular weight is 343 g/mol. The van der Waals surface area contributed by atoms with Crippen LogP contribution in [0.3, 0.4) is 0 Å². The number of likely N-dealkylation sites (tertiary alicyclic amines) is 1. The molecule has 128 valence electrons. The number of amides is 3. The molecule has 2 heterocycles. The van der Waals surface area contributed by atoms with Crippen molar-refractivity contribution in [2.75, 3.05) is 31.6 Å². The zero-order chi connectivity index (χ0) is 17.0. The Labute approximate surface area is 134 Å². The van der Waals surface area contributed by atoms with Gasteiger partial charge in [-0.05, 0) is 19.3 Å². The van der Waals surface area contributed by atoms with Crippen molar-refractivity contribution in [1.82, 2.24) is 9.80 Å². The van der Waals surface area contributed by atoms with Crippen LogP contribution < -0.4 is 5.73 Å². The van der Waals surface area contributed by atoms with Gasteiger partial charge in [0.2, 0.25) is 17.7 Å². The Balaban J connectivity index is 1.58. The predicted molar refractivity (Wildman–Crippen MR) is 80.8 cm³/mol. The predicted octanol–water partition coefficient (Wildman–Crippen LogP) is -1.64. The fraction of sp³-hybridized carbons (Fsp3) is 0.786. The first-order valence-corrected chi connectivity index (χ1v) is 9.55. The summed E-state index contributed by atoms with van der Waals surface area (Å²) in [6, 6.07) is -0.140. The van der Waals surface area contributed by atoms with Crippen LogP contribution in [0.25, 0.3) is 0 Å². The molecule has 0 radical (unpaired) electrons. The molecule has 0 bridgehead atoms. The van der Waals surface area contributed by atoms with Gasteiger partial charge in [0.05, 0.1) is 23.5 Å². The van der Waals surface area contributed by atoms with Gasteiger partial charge in [-0.1, -0.05) is 0 Å². The van der Waals surface area contributed by atoms with E-state index in [1.165, 1.54) is 0 Å². The summed E-state index contributed by atoms with van der Waals surface area (Å²) >= 11 is 0. The van der Waals surface area contributed by atoms with E-state index in [1.54, 1.807) is 16.8 Å². The van der Waals surface area contributed by atoms with Crippen LogP contribution in [0.4, 0.5) is 0 Å². The van der Waals surface area contributed by atoms with Gasteiger partial charge in [-0.2, -0.15) is 0 Å². The first kappa shape index (κ1) is 16.2. The summed E-state index contributed by atoms with van der Waals surface area (Å²) in [5.41, 5.74) is 4.30. The highest BCUT2D eigenvalue weighted by Gasteiger charge is 2.57. The first-order valence-electron chi connectivity index (χ1n) is 7.73. The topological polar surface area (TPSA) is 118 Å². The second-order valence-corrected chi connectivity index (χ2v) is 9.02. The number of likely N-dealkylation sites (N-methyl/N-ethyl adjacent to an activating group) is 1. The smallest absolute Gasteiger partial charge is 0.238 e. The minimum absolute atomic E-state index is 0.0870. The molecule has 0 aromatic carbocycles. The number of hydrogen-bond acceptors (Lipinski definition) is 5. The number of rotatable bonds is 4. The van der Waals surface area contributed by atoms with Crippen LogP contribution in [0.5, 0.6) is 0 Å². The maximum absolute atomic E-state index is 12.4. The molecule has 1 unspecified atom stereocenters. The largest absolute Gasteiger partial charge is 0.369 e. The molecule has 0 aromatic rings. The molecule has 3 amide bonds. The van der Waals surface area contributed by atoms with Crippen LogP contribution in [0.1, 0.15) is 19.3 Å². The van der Waals surface area contributed by atoms with Crippen molar-refractivity contribution in [3.05, 3.63) is 0 Å². The molecule has 3 aliphatic rings. The van der Waals surface area contributed by atoms with Crippen molar-refractivity contribution in [2.24, 2.45) is 17.1 Å². The van der Waals surface area contributed by atoms with E-state index in [4.69, 9.17) is 5.73 Å². The minimum atomic E-state index is -3.04. The third-order valence-corrected chi connectivity index (χ3v) is 7.06. The number of primary amides is 1. The SMILES string of the molecule is CN(C(=O)C1CS(=O)(=O)C1)C1CCN(C(=O)C2(C(N)=O)CC2)C1. The van der Waals surface area contributed by atoms with E-state index in [9.17, 15) is 22.8 Å². The molecule has 1 saturated carbocycles. The first-order chi connectivity index (χ1) is 10.7. The van der Waals surface area contributed by atoms with Gasteiger partial charge < -0.3 is 15.5 Å². The molecule has 2 aliphatic heterocycles. The molecular formula is C14H21N3O5S. The van der Waals surface area contributed by atoms with Gasteiger partial charge >= 0.3 is 0 Å². The van der Waals surface area contributed by atoms with Crippen LogP contribution in [0.15, 0.2) is 0 Å². The molecule has 9 heteroatoms. The normalized spacial score (nSPS) is 28.0. The molecule has 8 nitrogen and oxygen atoms in total. The summed E-state index contributed by atoms with van der Waals surface area (Å²) in [5.74, 6) is -1.63. The van der Waals surface area contributed by atoms with Crippen molar-refractivity contribution in [3.63, 3.8) is 0 Å². The molecule has 3 rings (SSSR count). The van der Waals surface area contributed by atoms with Gasteiger partial charge in [-0.25, -0.2) is 8.42 Å². The Kier molecular flexibility index (Phi) is 3.66. The van der Waals surface area contributed by atoms with Crippen molar-refractivity contribution in [3.8, 4) is 0 Å². The Morgan fingerprint density at radius 3 is 2.30 bits per heavy atom. The Bertz CT molecular complexity index is 658. The number of carbonyl (C=O) groups excluding carboxylic acids is 3. The Hall–Kier alpha value is -1.64. The zero-order valence-corrected chi connectivity index (χ0v) is 13.8. The second-order valence-electron chi connectivity index (χ2n) is 6.86. The van der Waals surface area contributed by atoms with Crippen molar-refractivity contribution >= 4 is 27.6 Å². The lowest BCUT2D eigenvalue weighted by atomic mass is 10.1. The Morgan fingerprint density at radius 1 is 1.22 bits per heavy atom. The standard InChI is InChI=1S/C14H21N3O5S/c1-16(11(18)9-7-23(21,22)8-9)10-2-5-17(6-10)13(20)14(3-4-14)12(15)19/h9-10H,2-8H2,1H3,(H2,15,19). The average Bonchev–Trinajstić information content (AvgIpc) is 3.13. The molecule has 2 N–H and O–H groups in total. The third-order valence-electron chi connectivity index (χ3n) is 5.24. The van der Waals surface area contributed by atoms with Gasteiger partial charge in [0.25, 0.3) is 0 Å². The highest BCUT2D eigenvalue weighted by molar-refractivity contribution is 7.92. The second kappa shape index (κ2) is 5.19. The fourth-order valence-electron chi connectivity index (χ4n) is 3.41. The van der Waals surface area contributed by atoms with Crippen LogP contribution in [-0.2, 0) is 24.2 Å². The maximum Gasteiger partial charge on any atom is 0.238 e. The van der Waals surface area contributed by atoms with E-state index >= 15 is 0 Å². The molecule has 1 aliphatic carbocycles. The lowest BCUT2D eigenvalue weighted by Crippen LogP contribution is -2.51. The van der Waals surface area contributed by atoms with Gasteiger partial charge in [0, 0.05) is 20.1 Å². The number of nitrogens with two attached hydrogens (primary N) is 1. The monoisotopic (exact) mass is 343 g/mol. The van der Waals surface area contributed by atoms with E-state index < -0.39 is 27.1 Å². The van der Waals surface area contributed by atoms with Crippen LogP contribution in [-0.4, -0.2) is 73.6 Å². The highest BCUT2D eigenvalue weighted by Crippen LogP contribution is 2.47. The van der Waals surface area contributed by atoms with Crippen molar-refractivity contribution in [1.29, 1.82) is 0 Å². The van der Waals surface area contributed by atoms with E-state index in [0.29, 0.717) is 32.4 Å². The summed E-state index contributed by atoms with van der Waals surface area (Å²) in [6.45, 7) is 0.856. The lowest BCUT2D eigenvalue weighted by Gasteiger charge is -2.32. The van der Waals surface area contributed by atoms with E-state index in [0.717, 1.165) is 0 Å². The van der Waals surface area contributed by atoms with Gasteiger partial charge in [0.15, 0.2) is 9.84 Å². The van der Waals surface area contributed by atoms with Crippen LogP contribution >= 0.6 is 0 Å². The Morgan fingerprint density at radius 2 is 1.83 bits per heavy atom. The summed E-state index contributed by atoms with van der Waals surface area (Å²) < 4.78 is 22.4. The van der Waals surface area contributed by atoms with E-state index in [2.05, 4.69) is 0 Å². The zero-order valence-electron chi connectivity index (χ0n) is 13.0. The van der Waals surface area contributed by atoms with Gasteiger partial charge in [-0.15, -0.1) is 0 Å². The lowest BCUT2D eigenvalue weighted by molar-refractivity contribution is -0.143. The number of carbonyl (C=O) groups is 3. The molecule has 0 spiro atoms. The number of nitrogens with zero attached hydrogens (tertiary/aromatic N) is 2. The molecular weight excluding hydrogens is 322 g/mol. The summed E-state index contributed by atoms with van der Waals surface area (Å²) in [4.78, 5) is 39.3. The minimum Gasteiger partial charge on any atom is -0.369 e. The van der Waals surface area contributed by atoms with Crippen LogP contribution in [0.2, 0.25) is 0 Å². The quantitative estimate of drug-likeness (QED) is 0.614. The molecule has 23 heavy (non-hydrogen) atoms. The van der Waals surface area contributed by atoms with Crippen molar-refractivity contribution < 1.29 is 22.8 Å². The molecule has 1 atom stereocenters. The molecule has 0 aromatic heterocycles. The third kappa shape index (κ3) is 2.71. The number of hydrogen-bond donors (Lipinski definition) is 1. The molecule has 3 fully saturated rings. The maximum atomic E-state index is 12.4. The summed E-state index contributed by atoms with van der Waals surface area (Å²) in [5, 5.41) is 0. The number of sulfone groups is 1. The van der Waals surface area contributed by atoms with Crippen molar-refractivity contribution in [2.45, 2.75) is 25.3 Å². The van der Waals surface area contributed by atoms with Gasteiger partial charge in [0.1, 0.15) is 5.41 Å². The molecule has 2 saturated heterocycles. The van der Waals surface area contributed by atoms with Gasteiger partial charge in [-0.3, -0.25) is 14.4 Å². The van der Waals surface area contributed by atoms with Crippen LogP contribution in [0, 0.1) is 11.3 Å².